The van der Waals surface area contributed by atoms with Crippen molar-refractivity contribution >= 4 is 16.9 Å². The number of hydrogen-bond acceptors (Lipinski definition) is 5. The van der Waals surface area contributed by atoms with E-state index in [0.29, 0.717) is 27.8 Å². The first-order valence-electron chi connectivity index (χ1n) is 9.91. The van der Waals surface area contributed by atoms with Crippen LogP contribution in [0.15, 0.2) is 63.8 Å². The second-order valence-corrected chi connectivity index (χ2v) is 7.48. The number of aromatic nitrogens is 1. The summed E-state index contributed by atoms with van der Waals surface area (Å²) in [7, 11) is 1.54. The minimum Gasteiger partial charge on any atom is -0.497 e. The standard InChI is InChI=1S/C25H23NO5/c1-15-5-7-19(8-6-15)26-16(2)11-22(17(26)3)25(28)30-14-18-12-24(27)31-23-13-20(29-4)9-10-21(18)23/h5-13H,14H2,1-4H3. The Kier molecular flexibility index (Phi) is 5.38. The van der Waals surface area contributed by atoms with Crippen molar-refractivity contribution in [1.82, 2.24) is 4.57 Å². The Morgan fingerprint density at radius 3 is 2.45 bits per heavy atom. The molecular formula is C25H23NO5. The molecule has 0 saturated carbocycles. The summed E-state index contributed by atoms with van der Waals surface area (Å²) in [5.74, 6) is 0.134. The van der Waals surface area contributed by atoms with Gasteiger partial charge in [-0.25, -0.2) is 9.59 Å². The molecule has 0 aliphatic rings. The van der Waals surface area contributed by atoms with Crippen LogP contribution >= 0.6 is 0 Å². The largest absolute Gasteiger partial charge is 0.497 e. The van der Waals surface area contributed by atoms with E-state index in [4.69, 9.17) is 13.9 Å². The van der Waals surface area contributed by atoms with E-state index in [-0.39, 0.29) is 6.61 Å². The lowest BCUT2D eigenvalue weighted by Gasteiger charge is -2.11. The summed E-state index contributed by atoms with van der Waals surface area (Å²) in [5, 5.41) is 0.693. The van der Waals surface area contributed by atoms with Gasteiger partial charge >= 0.3 is 11.6 Å². The number of carbonyl (C=O) groups is 1. The second kappa shape index (κ2) is 8.14. The molecule has 0 amide bonds. The van der Waals surface area contributed by atoms with Gasteiger partial charge in [0.05, 0.1) is 12.7 Å². The highest BCUT2D eigenvalue weighted by Gasteiger charge is 2.19. The van der Waals surface area contributed by atoms with E-state index in [1.165, 1.54) is 18.7 Å². The Balaban J connectivity index is 1.61. The molecule has 2 aromatic heterocycles. The number of rotatable bonds is 5. The van der Waals surface area contributed by atoms with E-state index < -0.39 is 11.6 Å². The maximum atomic E-state index is 12.9. The molecule has 0 aliphatic carbocycles. The molecule has 0 bridgehead atoms. The zero-order valence-electron chi connectivity index (χ0n) is 17.9. The fraction of sp³-hybridized carbons (Fsp3) is 0.200. The van der Waals surface area contributed by atoms with E-state index >= 15 is 0 Å². The van der Waals surface area contributed by atoms with Gasteiger partial charge in [0, 0.05) is 40.2 Å². The van der Waals surface area contributed by atoms with Crippen LogP contribution in [0.4, 0.5) is 0 Å². The Morgan fingerprint density at radius 2 is 1.74 bits per heavy atom. The topological polar surface area (TPSA) is 70.7 Å². The summed E-state index contributed by atoms with van der Waals surface area (Å²) in [6.45, 7) is 5.84. The molecule has 4 aromatic rings. The number of fused-ring (bicyclic) bond motifs is 1. The lowest BCUT2D eigenvalue weighted by molar-refractivity contribution is 0.0473. The van der Waals surface area contributed by atoms with Crippen LogP contribution in [-0.2, 0) is 11.3 Å². The van der Waals surface area contributed by atoms with Crippen molar-refractivity contribution in [2.24, 2.45) is 0 Å². The zero-order chi connectivity index (χ0) is 22.1. The normalized spacial score (nSPS) is 11.0. The molecule has 0 unspecified atom stereocenters. The molecule has 0 fully saturated rings. The highest BCUT2D eigenvalue weighted by Crippen LogP contribution is 2.25. The van der Waals surface area contributed by atoms with Crippen LogP contribution in [-0.4, -0.2) is 17.6 Å². The van der Waals surface area contributed by atoms with Crippen LogP contribution in [0, 0.1) is 20.8 Å². The molecule has 4 rings (SSSR count). The van der Waals surface area contributed by atoms with Crippen LogP contribution in [0.25, 0.3) is 16.7 Å². The average Bonchev–Trinajstić information content (AvgIpc) is 3.05. The summed E-state index contributed by atoms with van der Waals surface area (Å²) in [4.78, 5) is 24.8. The number of benzene rings is 2. The van der Waals surface area contributed by atoms with Gasteiger partial charge in [-0.05, 0) is 51.1 Å². The monoisotopic (exact) mass is 417 g/mol. The smallest absolute Gasteiger partial charge is 0.340 e. The van der Waals surface area contributed by atoms with E-state index in [1.54, 1.807) is 18.2 Å². The van der Waals surface area contributed by atoms with Crippen molar-refractivity contribution in [1.29, 1.82) is 0 Å². The first kappa shape index (κ1) is 20.5. The summed E-state index contributed by atoms with van der Waals surface area (Å²) >= 11 is 0. The Labute approximate surface area is 179 Å². The lowest BCUT2D eigenvalue weighted by atomic mass is 10.1. The Bertz CT molecular complexity index is 1330. The number of hydrogen-bond donors (Lipinski definition) is 0. The molecule has 31 heavy (non-hydrogen) atoms. The van der Waals surface area contributed by atoms with Gasteiger partial charge in [0.2, 0.25) is 0 Å². The molecule has 0 N–H and O–H groups in total. The molecule has 0 saturated heterocycles. The molecule has 0 atom stereocenters. The van der Waals surface area contributed by atoms with E-state index in [2.05, 4.69) is 0 Å². The molecular weight excluding hydrogens is 394 g/mol. The molecule has 0 spiro atoms. The number of ether oxygens (including phenoxy) is 2. The molecule has 6 heteroatoms. The van der Waals surface area contributed by atoms with Crippen molar-refractivity contribution < 1.29 is 18.7 Å². The van der Waals surface area contributed by atoms with Crippen LogP contribution in [0.1, 0.15) is 32.9 Å². The van der Waals surface area contributed by atoms with Crippen molar-refractivity contribution in [3.63, 3.8) is 0 Å². The lowest BCUT2D eigenvalue weighted by Crippen LogP contribution is -2.09. The van der Waals surface area contributed by atoms with Crippen molar-refractivity contribution in [3.8, 4) is 11.4 Å². The first-order chi connectivity index (χ1) is 14.9. The Hall–Kier alpha value is -3.80. The fourth-order valence-corrected chi connectivity index (χ4v) is 3.74. The maximum absolute atomic E-state index is 12.9. The summed E-state index contributed by atoms with van der Waals surface area (Å²) in [6, 6.07) is 16.5. The van der Waals surface area contributed by atoms with Crippen molar-refractivity contribution in [3.05, 3.63) is 93.1 Å². The second-order valence-electron chi connectivity index (χ2n) is 7.48. The fourth-order valence-electron chi connectivity index (χ4n) is 3.74. The number of methoxy groups -OCH3 is 1. The van der Waals surface area contributed by atoms with Crippen LogP contribution in [0.2, 0.25) is 0 Å². The molecule has 6 nitrogen and oxygen atoms in total. The minimum atomic E-state index is -0.510. The highest BCUT2D eigenvalue weighted by molar-refractivity contribution is 5.91. The van der Waals surface area contributed by atoms with Gasteiger partial charge in [0.1, 0.15) is 17.9 Å². The highest BCUT2D eigenvalue weighted by atomic mass is 16.5. The molecule has 158 valence electrons. The number of nitrogens with zero attached hydrogens (tertiary/aromatic N) is 1. The number of aryl methyl sites for hydroxylation is 2. The van der Waals surface area contributed by atoms with Crippen molar-refractivity contribution in [2.45, 2.75) is 27.4 Å². The third-order valence-corrected chi connectivity index (χ3v) is 5.34. The van der Waals surface area contributed by atoms with Gasteiger partial charge in [0.15, 0.2) is 0 Å². The third-order valence-electron chi connectivity index (χ3n) is 5.34. The quantitative estimate of drug-likeness (QED) is 0.342. The first-order valence-corrected chi connectivity index (χ1v) is 9.91. The zero-order valence-corrected chi connectivity index (χ0v) is 17.9. The molecule has 0 radical (unpaired) electrons. The third kappa shape index (κ3) is 3.97. The van der Waals surface area contributed by atoms with Gasteiger partial charge in [0.25, 0.3) is 0 Å². The van der Waals surface area contributed by atoms with Gasteiger partial charge in [-0.2, -0.15) is 0 Å². The summed E-state index contributed by atoms with van der Waals surface area (Å²) < 4.78 is 18.0. The minimum absolute atomic E-state index is 0.0402. The summed E-state index contributed by atoms with van der Waals surface area (Å²) in [5.41, 5.74) is 4.84. The van der Waals surface area contributed by atoms with Gasteiger partial charge in [-0.15, -0.1) is 0 Å². The predicted octanol–water partition coefficient (Wildman–Crippen LogP) is 4.87. The van der Waals surface area contributed by atoms with E-state index in [1.807, 2.05) is 55.7 Å². The van der Waals surface area contributed by atoms with E-state index in [9.17, 15) is 9.59 Å². The van der Waals surface area contributed by atoms with Crippen LogP contribution < -0.4 is 10.4 Å². The van der Waals surface area contributed by atoms with Crippen LogP contribution in [0.5, 0.6) is 5.75 Å². The van der Waals surface area contributed by atoms with Gasteiger partial charge in [-0.1, -0.05) is 17.7 Å². The van der Waals surface area contributed by atoms with E-state index in [0.717, 1.165) is 17.1 Å². The molecule has 2 aromatic carbocycles. The molecule has 2 heterocycles. The Morgan fingerprint density at radius 1 is 1.00 bits per heavy atom. The molecule has 0 aliphatic heterocycles. The summed E-state index contributed by atoms with van der Waals surface area (Å²) in [6.07, 6.45) is 0. The number of esters is 1. The average molecular weight is 417 g/mol. The van der Waals surface area contributed by atoms with Crippen LogP contribution in [0.3, 0.4) is 0 Å². The maximum Gasteiger partial charge on any atom is 0.340 e. The SMILES string of the molecule is COc1ccc2c(COC(=O)c3cc(C)n(-c4ccc(C)cc4)c3C)cc(=O)oc2c1. The van der Waals surface area contributed by atoms with Gasteiger partial charge < -0.3 is 18.5 Å². The van der Waals surface area contributed by atoms with Crippen molar-refractivity contribution in [2.75, 3.05) is 7.11 Å². The number of carbonyl (C=O) groups excluding carboxylic acids is 1. The predicted molar refractivity (Wildman–Crippen MR) is 118 cm³/mol. The van der Waals surface area contributed by atoms with Gasteiger partial charge in [-0.3, -0.25) is 0 Å².